The Morgan fingerprint density at radius 1 is 1.22 bits per heavy atom. The summed E-state index contributed by atoms with van der Waals surface area (Å²) in [4.78, 5) is 16.5. The van der Waals surface area contributed by atoms with E-state index in [1.807, 2.05) is 0 Å². The molecule has 2 N–H and O–H groups in total. The van der Waals surface area contributed by atoms with Crippen LogP contribution in [0.2, 0.25) is 0 Å². The number of rotatable bonds is 5. The van der Waals surface area contributed by atoms with E-state index in [0.29, 0.717) is 22.9 Å². The molecular formula is C15H14N4O4. The van der Waals surface area contributed by atoms with Gasteiger partial charge in [-0.2, -0.15) is 4.98 Å². The third-order valence-electron chi connectivity index (χ3n) is 3.12. The number of ether oxygens (including phenoxy) is 2. The van der Waals surface area contributed by atoms with Crippen molar-refractivity contribution < 1.29 is 18.7 Å². The van der Waals surface area contributed by atoms with Gasteiger partial charge >= 0.3 is 0 Å². The Bertz CT molecular complexity index is 789. The first-order valence-electron chi connectivity index (χ1n) is 6.69. The highest BCUT2D eigenvalue weighted by atomic mass is 16.5. The molecule has 3 aromatic rings. The van der Waals surface area contributed by atoms with E-state index >= 15 is 0 Å². The Hall–Kier alpha value is -3.29. The maximum atomic E-state index is 12.3. The number of benzene rings is 1. The smallest absolute Gasteiger partial charge is 0.258 e. The molecule has 8 heteroatoms. The summed E-state index contributed by atoms with van der Waals surface area (Å²) in [5, 5.41) is 9.28. The van der Waals surface area contributed by atoms with Gasteiger partial charge in [-0.25, -0.2) is 0 Å². The second-order valence-electron chi connectivity index (χ2n) is 4.58. The lowest BCUT2D eigenvalue weighted by molar-refractivity contribution is 0.102. The molecular weight excluding hydrogens is 300 g/mol. The molecule has 0 unspecified atom stereocenters. The van der Waals surface area contributed by atoms with Gasteiger partial charge in [-0.15, -0.1) is 5.10 Å². The number of aromatic nitrogens is 3. The summed E-state index contributed by atoms with van der Waals surface area (Å²) in [6.45, 7) is 0. The van der Waals surface area contributed by atoms with Gasteiger partial charge in [0.2, 0.25) is 5.95 Å². The molecule has 0 fully saturated rings. The number of anilines is 1. The minimum Gasteiger partial charge on any atom is -0.497 e. The number of aromatic amines is 1. The molecule has 1 aromatic carbocycles. The van der Waals surface area contributed by atoms with Gasteiger partial charge in [-0.05, 0) is 18.2 Å². The van der Waals surface area contributed by atoms with Crippen LogP contribution >= 0.6 is 0 Å². The van der Waals surface area contributed by atoms with Crippen molar-refractivity contribution in [1.29, 1.82) is 0 Å². The normalized spacial score (nSPS) is 10.3. The van der Waals surface area contributed by atoms with E-state index in [1.165, 1.54) is 26.7 Å². The Morgan fingerprint density at radius 2 is 1.96 bits per heavy atom. The maximum absolute atomic E-state index is 12.3. The lowest BCUT2D eigenvalue weighted by Crippen LogP contribution is -2.13. The number of amides is 1. The summed E-state index contributed by atoms with van der Waals surface area (Å²) in [5.74, 6) is 1.32. The van der Waals surface area contributed by atoms with Gasteiger partial charge in [-0.3, -0.25) is 15.2 Å². The average Bonchev–Trinajstić information content (AvgIpc) is 3.25. The van der Waals surface area contributed by atoms with Crippen molar-refractivity contribution in [2.75, 3.05) is 19.5 Å². The summed E-state index contributed by atoms with van der Waals surface area (Å²) in [6, 6.07) is 6.61. The van der Waals surface area contributed by atoms with Crippen molar-refractivity contribution in [2.24, 2.45) is 0 Å². The molecule has 0 saturated carbocycles. The van der Waals surface area contributed by atoms with Gasteiger partial charge in [0.25, 0.3) is 5.91 Å². The van der Waals surface area contributed by atoms with Crippen molar-refractivity contribution in [2.45, 2.75) is 0 Å². The number of nitrogens with zero attached hydrogens (tertiary/aromatic N) is 2. The fraction of sp³-hybridized carbons (Fsp3) is 0.133. The van der Waals surface area contributed by atoms with Crippen LogP contribution < -0.4 is 14.8 Å². The third kappa shape index (κ3) is 3.15. The minimum absolute atomic E-state index is 0.160. The lowest BCUT2D eigenvalue weighted by Gasteiger charge is -2.07. The van der Waals surface area contributed by atoms with E-state index in [2.05, 4.69) is 20.5 Å². The quantitative estimate of drug-likeness (QED) is 0.749. The predicted molar refractivity (Wildman–Crippen MR) is 81.6 cm³/mol. The predicted octanol–water partition coefficient (Wildman–Crippen LogP) is 2.33. The van der Waals surface area contributed by atoms with Crippen LogP contribution in [0.1, 0.15) is 10.4 Å². The second kappa shape index (κ2) is 6.22. The van der Waals surface area contributed by atoms with Gasteiger partial charge in [0, 0.05) is 11.6 Å². The average molecular weight is 314 g/mol. The van der Waals surface area contributed by atoms with Gasteiger partial charge in [0.15, 0.2) is 5.82 Å². The number of furan rings is 1. The fourth-order valence-electron chi connectivity index (χ4n) is 1.96. The topological polar surface area (TPSA) is 102 Å². The monoisotopic (exact) mass is 314 g/mol. The van der Waals surface area contributed by atoms with Gasteiger partial charge in [0.1, 0.15) is 17.8 Å². The molecule has 2 aromatic heterocycles. The molecule has 23 heavy (non-hydrogen) atoms. The van der Waals surface area contributed by atoms with Crippen LogP contribution in [0.5, 0.6) is 11.5 Å². The molecule has 3 rings (SSSR count). The fourth-order valence-corrected chi connectivity index (χ4v) is 1.96. The Morgan fingerprint density at radius 3 is 2.57 bits per heavy atom. The van der Waals surface area contributed by atoms with Crippen LogP contribution in [0.3, 0.4) is 0 Å². The number of hydrogen-bond donors (Lipinski definition) is 2. The van der Waals surface area contributed by atoms with E-state index in [-0.39, 0.29) is 11.9 Å². The van der Waals surface area contributed by atoms with Crippen molar-refractivity contribution in [1.82, 2.24) is 15.2 Å². The van der Waals surface area contributed by atoms with E-state index in [9.17, 15) is 4.79 Å². The zero-order chi connectivity index (χ0) is 16.2. The van der Waals surface area contributed by atoms with Gasteiger partial charge < -0.3 is 13.9 Å². The summed E-state index contributed by atoms with van der Waals surface area (Å²) in [5.41, 5.74) is 1.11. The SMILES string of the molecule is COc1cc(OC)cc(C(=O)Nc2n[nH]c(-c3ccoc3)n2)c1. The van der Waals surface area contributed by atoms with Crippen LogP contribution in [0.4, 0.5) is 5.95 Å². The summed E-state index contributed by atoms with van der Waals surface area (Å²) < 4.78 is 15.3. The number of hydrogen-bond acceptors (Lipinski definition) is 6. The van der Waals surface area contributed by atoms with Crippen molar-refractivity contribution in [3.8, 4) is 22.9 Å². The molecule has 0 bridgehead atoms. The number of carbonyl (C=O) groups excluding carboxylic acids is 1. The molecule has 118 valence electrons. The first-order chi connectivity index (χ1) is 11.2. The highest BCUT2D eigenvalue weighted by molar-refractivity contribution is 6.04. The van der Waals surface area contributed by atoms with Gasteiger partial charge in [0.05, 0.1) is 26.0 Å². The molecule has 0 saturated heterocycles. The molecule has 8 nitrogen and oxygen atoms in total. The second-order valence-corrected chi connectivity index (χ2v) is 4.58. The van der Waals surface area contributed by atoms with Crippen LogP contribution in [0.15, 0.2) is 41.2 Å². The molecule has 0 aliphatic heterocycles. The zero-order valence-corrected chi connectivity index (χ0v) is 12.5. The maximum Gasteiger partial charge on any atom is 0.258 e. The van der Waals surface area contributed by atoms with Crippen molar-refractivity contribution in [3.63, 3.8) is 0 Å². The van der Waals surface area contributed by atoms with Crippen LogP contribution in [0.25, 0.3) is 11.4 Å². The molecule has 0 aliphatic rings. The highest BCUT2D eigenvalue weighted by Crippen LogP contribution is 2.23. The molecule has 0 radical (unpaired) electrons. The molecule has 1 amide bonds. The Balaban J connectivity index is 1.79. The number of nitrogens with one attached hydrogen (secondary N) is 2. The molecule has 0 aliphatic carbocycles. The molecule has 0 atom stereocenters. The minimum atomic E-state index is -0.375. The van der Waals surface area contributed by atoms with Crippen LogP contribution in [0, 0.1) is 0 Å². The van der Waals surface area contributed by atoms with Crippen molar-refractivity contribution >= 4 is 11.9 Å². The van der Waals surface area contributed by atoms with Crippen molar-refractivity contribution in [3.05, 3.63) is 42.4 Å². The third-order valence-corrected chi connectivity index (χ3v) is 3.12. The largest absolute Gasteiger partial charge is 0.497 e. The molecule has 0 spiro atoms. The lowest BCUT2D eigenvalue weighted by atomic mass is 10.2. The van der Waals surface area contributed by atoms with E-state index in [0.717, 1.165) is 5.56 Å². The number of methoxy groups -OCH3 is 2. The zero-order valence-electron chi connectivity index (χ0n) is 12.5. The Labute approximate surface area is 131 Å². The Kier molecular flexibility index (Phi) is 3.96. The van der Waals surface area contributed by atoms with E-state index in [4.69, 9.17) is 13.9 Å². The van der Waals surface area contributed by atoms with E-state index < -0.39 is 0 Å². The summed E-state index contributed by atoms with van der Waals surface area (Å²) >= 11 is 0. The van der Waals surface area contributed by atoms with Crippen LogP contribution in [-0.4, -0.2) is 35.3 Å². The summed E-state index contributed by atoms with van der Waals surface area (Å²) in [6.07, 6.45) is 3.05. The van der Waals surface area contributed by atoms with Gasteiger partial charge in [-0.1, -0.05) is 0 Å². The number of carbonyl (C=O) groups is 1. The first-order valence-corrected chi connectivity index (χ1v) is 6.69. The summed E-state index contributed by atoms with van der Waals surface area (Å²) in [7, 11) is 3.03. The number of H-pyrrole nitrogens is 1. The first kappa shape index (κ1) is 14.6. The van der Waals surface area contributed by atoms with E-state index in [1.54, 1.807) is 24.3 Å². The molecule has 2 heterocycles. The standard InChI is InChI=1S/C15H14N4O4/c1-21-11-5-10(6-12(7-11)22-2)14(20)17-15-16-13(18-19-15)9-3-4-23-8-9/h3-8H,1-2H3,(H2,16,17,18,19,20). The highest BCUT2D eigenvalue weighted by Gasteiger charge is 2.13. The van der Waals surface area contributed by atoms with Crippen LogP contribution in [-0.2, 0) is 0 Å².